The molecule has 1 aliphatic carbocycles. The van der Waals surface area contributed by atoms with Gasteiger partial charge in [0.2, 0.25) is 0 Å². The van der Waals surface area contributed by atoms with E-state index in [4.69, 9.17) is 16.0 Å². The van der Waals surface area contributed by atoms with Gasteiger partial charge >= 0.3 is 0 Å². The summed E-state index contributed by atoms with van der Waals surface area (Å²) in [5, 5.41) is 3.96. The second kappa shape index (κ2) is 6.10. The van der Waals surface area contributed by atoms with E-state index in [0.717, 1.165) is 23.0 Å². The van der Waals surface area contributed by atoms with Crippen molar-refractivity contribution in [1.29, 1.82) is 0 Å². The van der Waals surface area contributed by atoms with Crippen LogP contribution in [0, 0.1) is 18.8 Å². The molecule has 1 heterocycles. The van der Waals surface area contributed by atoms with Gasteiger partial charge in [-0.15, -0.1) is 11.6 Å². The van der Waals surface area contributed by atoms with Gasteiger partial charge in [0.15, 0.2) is 5.76 Å². The number of halogens is 1. The highest BCUT2D eigenvalue weighted by Crippen LogP contribution is 2.32. The maximum absolute atomic E-state index is 12.2. The van der Waals surface area contributed by atoms with E-state index in [1.165, 1.54) is 12.8 Å². The molecule has 2 atom stereocenters. The molecule has 1 saturated carbocycles. The Morgan fingerprint density at radius 2 is 2.14 bits per heavy atom. The van der Waals surface area contributed by atoms with Crippen LogP contribution in [0.3, 0.4) is 0 Å². The van der Waals surface area contributed by atoms with Crippen LogP contribution in [0.4, 0.5) is 0 Å². The highest BCUT2D eigenvalue weighted by atomic mass is 35.5. The molecule has 2 unspecified atom stereocenters. The van der Waals surface area contributed by atoms with Crippen LogP contribution in [0.15, 0.2) is 28.7 Å². The lowest BCUT2D eigenvalue weighted by Gasteiger charge is -2.17. The van der Waals surface area contributed by atoms with E-state index in [-0.39, 0.29) is 5.91 Å². The van der Waals surface area contributed by atoms with Gasteiger partial charge < -0.3 is 9.73 Å². The first kappa shape index (κ1) is 14.5. The van der Waals surface area contributed by atoms with E-state index in [9.17, 15) is 4.79 Å². The van der Waals surface area contributed by atoms with Crippen molar-refractivity contribution in [2.75, 3.05) is 12.4 Å². The summed E-state index contributed by atoms with van der Waals surface area (Å²) >= 11 is 5.97. The minimum Gasteiger partial charge on any atom is -0.451 e. The van der Waals surface area contributed by atoms with Crippen LogP contribution in [-0.4, -0.2) is 18.3 Å². The zero-order chi connectivity index (χ0) is 14.8. The fraction of sp³-hybridized carbons (Fsp3) is 0.471. The lowest BCUT2D eigenvalue weighted by molar-refractivity contribution is 0.0919. The maximum atomic E-state index is 12.2. The molecule has 21 heavy (non-hydrogen) atoms. The molecule has 3 rings (SSSR count). The number of amides is 1. The molecule has 0 radical (unpaired) electrons. The standard InChI is InChI=1S/C17H20ClNO2/c1-11-5-6-15-14(7-11)8-16(21-15)17(20)19-10-13-4-2-3-12(13)9-18/h5-8,12-13H,2-4,9-10H2,1H3,(H,19,20). The van der Waals surface area contributed by atoms with E-state index >= 15 is 0 Å². The fourth-order valence-electron chi connectivity index (χ4n) is 3.17. The Bertz CT molecular complexity index is 649. The van der Waals surface area contributed by atoms with E-state index < -0.39 is 0 Å². The molecule has 0 spiro atoms. The van der Waals surface area contributed by atoms with Crippen LogP contribution in [0.25, 0.3) is 11.0 Å². The number of nitrogens with one attached hydrogen (secondary N) is 1. The Balaban J connectivity index is 1.66. The lowest BCUT2D eigenvalue weighted by atomic mass is 9.98. The number of carbonyl (C=O) groups excluding carboxylic acids is 1. The summed E-state index contributed by atoms with van der Waals surface area (Å²) in [7, 11) is 0. The normalized spacial score (nSPS) is 21.8. The largest absolute Gasteiger partial charge is 0.451 e. The van der Waals surface area contributed by atoms with Crippen molar-refractivity contribution in [3.8, 4) is 0 Å². The highest BCUT2D eigenvalue weighted by molar-refractivity contribution is 6.18. The summed E-state index contributed by atoms with van der Waals surface area (Å²) < 4.78 is 5.62. The molecule has 3 nitrogen and oxygen atoms in total. The third-order valence-electron chi connectivity index (χ3n) is 4.44. The van der Waals surface area contributed by atoms with Crippen molar-refractivity contribution in [2.45, 2.75) is 26.2 Å². The molecular formula is C17H20ClNO2. The number of carbonyl (C=O) groups is 1. The third-order valence-corrected chi connectivity index (χ3v) is 4.83. The summed E-state index contributed by atoms with van der Waals surface area (Å²) in [5.74, 6) is 1.97. The van der Waals surface area contributed by atoms with Gasteiger partial charge in [-0.3, -0.25) is 4.79 Å². The predicted octanol–water partition coefficient (Wildman–Crippen LogP) is 4.13. The first-order valence-electron chi connectivity index (χ1n) is 7.51. The number of alkyl halides is 1. The first-order chi connectivity index (χ1) is 10.2. The van der Waals surface area contributed by atoms with Gasteiger partial charge in [-0.25, -0.2) is 0 Å². The van der Waals surface area contributed by atoms with E-state index in [0.29, 0.717) is 30.0 Å². The van der Waals surface area contributed by atoms with Crippen molar-refractivity contribution >= 4 is 28.5 Å². The number of fused-ring (bicyclic) bond motifs is 1. The summed E-state index contributed by atoms with van der Waals surface area (Å²) in [5.41, 5.74) is 1.91. The van der Waals surface area contributed by atoms with Gasteiger partial charge in [0.05, 0.1) is 0 Å². The molecule has 112 valence electrons. The van der Waals surface area contributed by atoms with Crippen LogP contribution in [0.1, 0.15) is 35.4 Å². The minimum atomic E-state index is -0.135. The topological polar surface area (TPSA) is 42.2 Å². The van der Waals surface area contributed by atoms with Crippen molar-refractivity contribution in [1.82, 2.24) is 5.32 Å². The Labute approximate surface area is 129 Å². The van der Waals surface area contributed by atoms with E-state index in [1.807, 2.05) is 31.2 Å². The Kier molecular flexibility index (Phi) is 4.20. The van der Waals surface area contributed by atoms with Gasteiger partial charge in [0, 0.05) is 17.8 Å². The zero-order valence-electron chi connectivity index (χ0n) is 12.2. The van der Waals surface area contributed by atoms with Crippen molar-refractivity contribution in [3.05, 3.63) is 35.6 Å². The SMILES string of the molecule is Cc1ccc2oc(C(=O)NCC3CCCC3CCl)cc2c1. The Morgan fingerprint density at radius 1 is 1.33 bits per heavy atom. The molecule has 4 heteroatoms. The first-order valence-corrected chi connectivity index (χ1v) is 8.05. The highest BCUT2D eigenvalue weighted by Gasteiger charge is 2.27. The van der Waals surface area contributed by atoms with Gasteiger partial charge in [-0.05, 0) is 49.8 Å². The number of aryl methyl sites for hydroxylation is 1. The van der Waals surface area contributed by atoms with Crippen LogP contribution < -0.4 is 5.32 Å². The summed E-state index contributed by atoms with van der Waals surface area (Å²) in [6.07, 6.45) is 3.53. The number of rotatable bonds is 4. The number of benzene rings is 1. The molecule has 1 aromatic carbocycles. The summed E-state index contributed by atoms with van der Waals surface area (Å²) in [4.78, 5) is 12.2. The monoisotopic (exact) mass is 305 g/mol. The van der Waals surface area contributed by atoms with Gasteiger partial charge in [0.1, 0.15) is 5.58 Å². The minimum absolute atomic E-state index is 0.135. The average Bonchev–Trinajstić information content (AvgIpc) is 3.10. The molecule has 0 bridgehead atoms. The Morgan fingerprint density at radius 3 is 2.95 bits per heavy atom. The molecule has 1 aliphatic rings. The summed E-state index contributed by atoms with van der Waals surface area (Å²) in [6.45, 7) is 2.71. The van der Waals surface area contributed by atoms with E-state index in [1.54, 1.807) is 0 Å². The second-order valence-electron chi connectivity index (χ2n) is 5.97. The van der Waals surface area contributed by atoms with Gasteiger partial charge in [-0.2, -0.15) is 0 Å². The van der Waals surface area contributed by atoms with Crippen molar-refractivity contribution < 1.29 is 9.21 Å². The Hall–Kier alpha value is -1.48. The van der Waals surface area contributed by atoms with Crippen molar-refractivity contribution in [3.63, 3.8) is 0 Å². The molecular weight excluding hydrogens is 286 g/mol. The van der Waals surface area contributed by atoms with Crippen molar-refractivity contribution in [2.24, 2.45) is 11.8 Å². The fourth-order valence-corrected chi connectivity index (χ4v) is 3.58. The number of furan rings is 1. The third kappa shape index (κ3) is 3.08. The molecule has 1 N–H and O–H groups in total. The zero-order valence-corrected chi connectivity index (χ0v) is 13.0. The van der Waals surface area contributed by atoms with Crippen LogP contribution in [0.2, 0.25) is 0 Å². The molecule has 1 amide bonds. The predicted molar refractivity (Wildman–Crippen MR) is 84.8 cm³/mol. The van der Waals surface area contributed by atoms with Gasteiger partial charge in [0.25, 0.3) is 5.91 Å². The van der Waals surface area contributed by atoms with E-state index in [2.05, 4.69) is 5.32 Å². The molecule has 0 saturated heterocycles. The van der Waals surface area contributed by atoms with Crippen LogP contribution in [-0.2, 0) is 0 Å². The smallest absolute Gasteiger partial charge is 0.287 e. The molecule has 1 fully saturated rings. The second-order valence-corrected chi connectivity index (χ2v) is 6.28. The van der Waals surface area contributed by atoms with Crippen LogP contribution >= 0.6 is 11.6 Å². The van der Waals surface area contributed by atoms with Gasteiger partial charge in [-0.1, -0.05) is 18.1 Å². The molecule has 1 aromatic heterocycles. The number of hydrogen-bond acceptors (Lipinski definition) is 2. The summed E-state index contributed by atoms with van der Waals surface area (Å²) in [6, 6.07) is 7.72. The quantitative estimate of drug-likeness (QED) is 0.863. The maximum Gasteiger partial charge on any atom is 0.287 e. The number of hydrogen-bond donors (Lipinski definition) is 1. The average molecular weight is 306 g/mol. The molecule has 0 aliphatic heterocycles. The molecule has 2 aromatic rings. The van der Waals surface area contributed by atoms with Crippen LogP contribution in [0.5, 0.6) is 0 Å². The lowest BCUT2D eigenvalue weighted by Crippen LogP contribution is -2.31.